The van der Waals surface area contributed by atoms with Crippen LogP contribution in [0.25, 0.3) is 0 Å². The summed E-state index contributed by atoms with van der Waals surface area (Å²) in [5.74, 6) is 0.759. The average molecular weight is 237 g/mol. The number of nitrogens with zero attached hydrogens (tertiary/aromatic N) is 3. The monoisotopic (exact) mass is 236 g/mol. The molecule has 0 saturated carbocycles. The Morgan fingerprint density at radius 3 is 2.88 bits per heavy atom. The molecule has 16 heavy (non-hydrogen) atoms. The van der Waals surface area contributed by atoms with Crippen molar-refractivity contribution < 1.29 is 0 Å². The highest BCUT2D eigenvalue weighted by atomic mass is 35.5. The third-order valence-corrected chi connectivity index (χ3v) is 2.69. The second-order valence-electron chi connectivity index (χ2n) is 3.63. The molecular weight excluding hydrogens is 224 g/mol. The molecule has 0 aliphatic heterocycles. The molecule has 1 aromatic heterocycles. The summed E-state index contributed by atoms with van der Waals surface area (Å²) >= 11 is 5.90. The van der Waals surface area contributed by atoms with Crippen LogP contribution in [0.2, 0.25) is 5.02 Å². The molecule has 0 atom stereocenters. The van der Waals surface area contributed by atoms with Crippen molar-refractivity contribution in [2.75, 3.05) is 5.32 Å². The summed E-state index contributed by atoms with van der Waals surface area (Å²) in [5, 5.41) is 7.97. The standard InChI is InChI=1S/C11H13ClN4/c1-8-5-10(12)4-3-9(8)6-13-11-14-7-15-16(11)2/h3-5,7H,6H2,1-2H3,(H,13,14,15). The van der Waals surface area contributed by atoms with Gasteiger partial charge in [0, 0.05) is 18.6 Å². The topological polar surface area (TPSA) is 42.7 Å². The summed E-state index contributed by atoms with van der Waals surface area (Å²) in [7, 11) is 1.85. The Kier molecular flexibility index (Phi) is 3.10. The van der Waals surface area contributed by atoms with Gasteiger partial charge in [0.25, 0.3) is 0 Å². The highest BCUT2D eigenvalue weighted by Crippen LogP contribution is 2.16. The Labute approximate surface area is 99.3 Å². The van der Waals surface area contributed by atoms with Gasteiger partial charge in [-0.15, -0.1) is 0 Å². The minimum atomic E-state index is 0.718. The number of nitrogens with one attached hydrogen (secondary N) is 1. The lowest BCUT2D eigenvalue weighted by Crippen LogP contribution is -2.06. The third-order valence-electron chi connectivity index (χ3n) is 2.45. The van der Waals surface area contributed by atoms with Crippen LogP contribution >= 0.6 is 11.6 Å². The first kappa shape index (κ1) is 11.0. The van der Waals surface area contributed by atoms with E-state index in [1.807, 2.05) is 32.2 Å². The summed E-state index contributed by atoms with van der Waals surface area (Å²) in [6.07, 6.45) is 1.52. The van der Waals surface area contributed by atoms with E-state index in [9.17, 15) is 0 Å². The van der Waals surface area contributed by atoms with Gasteiger partial charge in [0.15, 0.2) is 0 Å². The maximum absolute atomic E-state index is 5.90. The van der Waals surface area contributed by atoms with Crippen LogP contribution in [0, 0.1) is 6.92 Å². The maximum Gasteiger partial charge on any atom is 0.221 e. The zero-order valence-corrected chi connectivity index (χ0v) is 9.99. The predicted molar refractivity (Wildman–Crippen MR) is 64.5 cm³/mol. The highest BCUT2D eigenvalue weighted by Gasteiger charge is 2.02. The fourth-order valence-corrected chi connectivity index (χ4v) is 1.71. The minimum Gasteiger partial charge on any atom is -0.350 e. The molecule has 0 spiro atoms. The Bertz CT molecular complexity index is 492. The Morgan fingerprint density at radius 1 is 1.44 bits per heavy atom. The molecule has 0 bridgehead atoms. The van der Waals surface area contributed by atoms with Crippen LogP contribution in [0.3, 0.4) is 0 Å². The van der Waals surface area contributed by atoms with Gasteiger partial charge in [-0.1, -0.05) is 17.7 Å². The van der Waals surface area contributed by atoms with Crippen LogP contribution in [-0.4, -0.2) is 14.8 Å². The van der Waals surface area contributed by atoms with Gasteiger partial charge in [-0.25, -0.2) is 4.68 Å². The van der Waals surface area contributed by atoms with Gasteiger partial charge in [0.2, 0.25) is 5.95 Å². The van der Waals surface area contributed by atoms with Gasteiger partial charge in [0.1, 0.15) is 6.33 Å². The summed E-state index contributed by atoms with van der Waals surface area (Å²) in [4.78, 5) is 4.09. The van der Waals surface area contributed by atoms with E-state index in [0.29, 0.717) is 0 Å². The summed E-state index contributed by atoms with van der Waals surface area (Å²) < 4.78 is 1.70. The average Bonchev–Trinajstić information content (AvgIpc) is 2.63. The van der Waals surface area contributed by atoms with Crippen LogP contribution < -0.4 is 5.32 Å². The molecule has 2 rings (SSSR count). The van der Waals surface area contributed by atoms with Crippen LogP contribution in [0.1, 0.15) is 11.1 Å². The largest absolute Gasteiger partial charge is 0.350 e. The van der Waals surface area contributed by atoms with Gasteiger partial charge in [-0.2, -0.15) is 10.1 Å². The van der Waals surface area contributed by atoms with Crippen molar-refractivity contribution in [2.24, 2.45) is 7.05 Å². The first-order chi connectivity index (χ1) is 7.66. The quantitative estimate of drug-likeness (QED) is 0.890. The lowest BCUT2D eigenvalue weighted by Gasteiger charge is -2.08. The van der Waals surface area contributed by atoms with Crippen LogP contribution in [0.15, 0.2) is 24.5 Å². The van der Waals surface area contributed by atoms with E-state index in [0.717, 1.165) is 17.5 Å². The van der Waals surface area contributed by atoms with Crippen molar-refractivity contribution in [3.63, 3.8) is 0 Å². The second kappa shape index (κ2) is 4.53. The molecule has 0 aliphatic carbocycles. The smallest absolute Gasteiger partial charge is 0.221 e. The Hall–Kier alpha value is -1.55. The van der Waals surface area contributed by atoms with Gasteiger partial charge < -0.3 is 5.32 Å². The van der Waals surface area contributed by atoms with E-state index in [4.69, 9.17) is 11.6 Å². The molecule has 2 aromatic rings. The number of anilines is 1. The lowest BCUT2D eigenvalue weighted by atomic mass is 10.1. The molecule has 1 N–H and O–H groups in total. The van der Waals surface area contributed by atoms with Gasteiger partial charge in [-0.3, -0.25) is 0 Å². The van der Waals surface area contributed by atoms with Gasteiger partial charge >= 0.3 is 0 Å². The number of hydrogen-bond donors (Lipinski definition) is 1. The van der Waals surface area contributed by atoms with E-state index in [1.165, 1.54) is 17.5 Å². The van der Waals surface area contributed by atoms with E-state index in [2.05, 4.69) is 15.4 Å². The molecular formula is C11H13ClN4. The van der Waals surface area contributed by atoms with E-state index in [-0.39, 0.29) is 0 Å². The summed E-state index contributed by atoms with van der Waals surface area (Å²) in [5.41, 5.74) is 2.37. The summed E-state index contributed by atoms with van der Waals surface area (Å²) in [6.45, 7) is 2.76. The maximum atomic E-state index is 5.90. The zero-order valence-electron chi connectivity index (χ0n) is 9.24. The molecule has 4 nitrogen and oxygen atoms in total. The van der Waals surface area contributed by atoms with Crippen molar-refractivity contribution in [1.82, 2.24) is 14.8 Å². The van der Waals surface area contributed by atoms with Crippen molar-refractivity contribution in [3.8, 4) is 0 Å². The predicted octanol–water partition coefficient (Wildman–Crippen LogP) is 2.39. The molecule has 0 fully saturated rings. The molecule has 84 valence electrons. The number of hydrogen-bond acceptors (Lipinski definition) is 3. The van der Waals surface area contributed by atoms with Crippen LogP contribution in [0.4, 0.5) is 5.95 Å². The van der Waals surface area contributed by atoms with Crippen molar-refractivity contribution in [3.05, 3.63) is 40.7 Å². The van der Waals surface area contributed by atoms with E-state index in [1.54, 1.807) is 4.68 Å². The molecule has 1 aromatic carbocycles. The number of halogens is 1. The molecule has 1 heterocycles. The summed E-state index contributed by atoms with van der Waals surface area (Å²) in [6, 6.07) is 5.86. The third kappa shape index (κ3) is 2.33. The second-order valence-corrected chi connectivity index (χ2v) is 4.07. The number of aromatic nitrogens is 3. The molecule has 5 heteroatoms. The molecule has 0 radical (unpaired) electrons. The van der Waals surface area contributed by atoms with Crippen molar-refractivity contribution in [1.29, 1.82) is 0 Å². The SMILES string of the molecule is Cc1cc(Cl)ccc1CNc1ncnn1C. The Morgan fingerprint density at radius 2 is 2.25 bits per heavy atom. The molecule has 0 amide bonds. The zero-order chi connectivity index (χ0) is 11.5. The molecule has 0 aliphatic rings. The van der Waals surface area contributed by atoms with Crippen molar-refractivity contribution >= 4 is 17.5 Å². The highest BCUT2D eigenvalue weighted by molar-refractivity contribution is 6.30. The Balaban J connectivity index is 2.08. The number of aryl methyl sites for hydroxylation is 2. The fourth-order valence-electron chi connectivity index (χ4n) is 1.49. The van der Waals surface area contributed by atoms with Crippen LogP contribution in [-0.2, 0) is 13.6 Å². The normalized spacial score (nSPS) is 10.4. The number of benzene rings is 1. The lowest BCUT2D eigenvalue weighted by molar-refractivity contribution is 0.767. The van der Waals surface area contributed by atoms with Crippen LogP contribution in [0.5, 0.6) is 0 Å². The first-order valence-corrected chi connectivity index (χ1v) is 5.37. The minimum absolute atomic E-state index is 0.718. The van der Waals surface area contributed by atoms with Gasteiger partial charge in [0.05, 0.1) is 0 Å². The van der Waals surface area contributed by atoms with Gasteiger partial charge in [-0.05, 0) is 30.2 Å². The first-order valence-electron chi connectivity index (χ1n) is 4.99. The molecule has 0 unspecified atom stereocenters. The number of rotatable bonds is 3. The molecule has 0 saturated heterocycles. The van der Waals surface area contributed by atoms with E-state index >= 15 is 0 Å². The van der Waals surface area contributed by atoms with E-state index < -0.39 is 0 Å². The fraction of sp³-hybridized carbons (Fsp3) is 0.273. The van der Waals surface area contributed by atoms with Crippen molar-refractivity contribution in [2.45, 2.75) is 13.5 Å².